The minimum Gasteiger partial charge on any atom is -0.365 e. The quantitative estimate of drug-likeness (QED) is 0.699. The standard InChI is InChI=1S/C19H19N3O/c1-12-8-16(9-17(11-20)19(21)23)13(2)22(12)18-7-6-14-4-3-5-15(14)10-18/h6-10H,3-5H2,1-2H3,(H2,21,23). The van der Waals surface area contributed by atoms with Crippen molar-refractivity contribution < 1.29 is 4.79 Å². The van der Waals surface area contributed by atoms with Crippen molar-refractivity contribution in [2.45, 2.75) is 33.1 Å². The SMILES string of the molecule is Cc1cc(C=C(C#N)C(N)=O)c(C)n1-c1ccc2c(c1)CCC2. The molecule has 0 spiro atoms. The summed E-state index contributed by atoms with van der Waals surface area (Å²) in [6.07, 6.45) is 5.09. The molecule has 0 saturated carbocycles. The third kappa shape index (κ3) is 2.66. The first-order valence-electron chi connectivity index (χ1n) is 7.74. The molecule has 1 heterocycles. The van der Waals surface area contributed by atoms with Crippen molar-refractivity contribution in [1.29, 1.82) is 5.26 Å². The molecule has 0 unspecified atom stereocenters. The zero-order chi connectivity index (χ0) is 16.6. The van der Waals surface area contributed by atoms with Gasteiger partial charge >= 0.3 is 0 Å². The van der Waals surface area contributed by atoms with Crippen LogP contribution in [0.3, 0.4) is 0 Å². The average molecular weight is 305 g/mol. The number of hydrogen-bond acceptors (Lipinski definition) is 2. The first-order valence-corrected chi connectivity index (χ1v) is 7.74. The van der Waals surface area contributed by atoms with Gasteiger partial charge in [-0.2, -0.15) is 5.26 Å². The number of nitriles is 1. The minimum absolute atomic E-state index is 0.0285. The monoisotopic (exact) mass is 305 g/mol. The van der Waals surface area contributed by atoms with Gasteiger partial charge < -0.3 is 10.3 Å². The first-order chi connectivity index (χ1) is 11.0. The van der Waals surface area contributed by atoms with E-state index in [1.807, 2.05) is 26.0 Å². The molecular formula is C19H19N3O. The third-order valence-corrected chi connectivity index (χ3v) is 4.50. The molecule has 1 aromatic heterocycles. The second-order valence-electron chi connectivity index (χ2n) is 6.00. The summed E-state index contributed by atoms with van der Waals surface area (Å²) in [6, 6.07) is 10.4. The van der Waals surface area contributed by atoms with Crippen LogP contribution in [0.5, 0.6) is 0 Å². The van der Waals surface area contributed by atoms with E-state index in [-0.39, 0.29) is 5.57 Å². The molecule has 0 fully saturated rings. The minimum atomic E-state index is -0.699. The van der Waals surface area contributed by atoms with Gasteiger partial charge in [-0.3, -0.25) is 4.79 Å². The second-order valence-corrected chi connectivity index (χ2v) is 6.00. The molecule has 0 saturated heterocycles. The van der Waals surface area contributed by atoms with Gasteiger partial charge in [-0.15, -0.1) is 0 Å². The van der Waals surface area contributed by atoms with Gasteiger partial charge in [-0.05, 0) is 74.1 Å². The summed E-state index contributed by atoms with van der Waals surface area (Å²) in [5.41, 5.74) is 12.1. The highest BCUT2D eigenvalue weighted by atomic mass is 16.1. The van der Waals surface area contributed by atoms with E-state index in [1.54, 1.807) is 6.08 Å². The molecular weight excluding hydrogens is 286 g/mol. The maximum Gasteiger partial charge on any atom is 0.259 e. The van der Waals surface area contributed by atoms with Gasteiger partial charge in [0.05, 0.1) is 0 Å². The molecule has 1 aliphatic rings. The highest BCUT2D eigenvalue weighted by molar-refractivity contribution is 6.00. The molecule has 1 aromatic carbocycles. The molecule has 0 bridgehead atoms. The fourth-order valence-corrected chi connectivity index (χ4v) is 3.34. The summed E-state index contributed by atoms with van der Waals surface area (Å²) in [6.45, 7) is 4.01. The van der Waals surface area contributed by atoms with E-state index >= 15 is 0 Å². The molecule has 0 aliphatic heterocycles. The number of aryl methyl sites for hydroxylation is 3. The van der Waals surface area contributed by atoms with Crippen molar-refractivity contribution in [1.82, 2.24) is 4.57 Å². The molecule has 23 heavy (non-hydrogen) atoms. The Kier molecular flexibility index (Phi) is 3.79. The number of carbonyl (C=O) groups is 1. The number of primary amides is 1. The molecule has 1 aliphatic carbocycles. The van der Waals surface area contributed by atoms with Crippen LogP contribution in [-0.2, 0) is 17.6 Å². The lowest BCUT2D eigenvalue weighted by Crippen LogP contribution is -2.12. The first kappa shape index (κ1) is 15.1. The summed E-state index contributed by atoms with van der Waals surface area (Å²) in [4.78, 5) is 11.3. The number of hydrogen-bond donors (Lipinski definition) is 1. The van der Waals surface area contributed by atoms with Crippen LogP contribution in [0.2, 0.25) is 0 Å². The summed E-state index contributed by atoms with van der Waals surface area (Å²) >= 11 is 0. The van der Waals surface area contributed by atoms with Crippen LogP contribution in [0.25, 0.3) is 11.8 Å². The lowest BCUT2D eigenvalue weighted by molar-refractivity contribution is -0.114. The zero-order valence-electron chi connectivity index (χ0n) is 13.4. The van der Waals surface area contributed by atoms with E-state index < -0.39 is 5.91 Å². The van der Waals surface area contributed by atoms with Crippen molar-refractivity contribution in [2.75, 3.05) is 0 Å². The molecule has 4 heteroatoms. The number of nitrogens with zero attached hydrogens (tertiary/aromatic N) is 2. The summed E-state index contributed by atoms with van der Waals surface area (Å²) < 4.78 is 2.15. The Hall–Kier alpha value is -2.80. The van der Waals surface area contributed by atoms with Crippen molar-refractivity contribution in [3.05, 3.63) is 57.9 Å². The number of rotatable bonds is 3. The second kappa shape index (κ2) is 5.77. The summed E-state index contributed by atoms with van der Waals surface area (Å²) in [7, 11) is 0. The summed E-state index contributed by atoms with van der Waals surface area (Å²) in [5, 5.41) is 9.02. The summed E-state index contributed by atoms with van der Waals surface area (Å²) in [5.74, 6) is -0.699. The third-order valence-electron chi connectivity index (χ3n) is 4.50. The van der Waals surface area contributed by atoms with Gasteiger partial charge in [0.25, 0.3) is 5.91 Å². The number of nitrogens with two attached hydrogens (primary N) is 1. The average Bonchev–Trinajstić information content (AvgIpc) is 3.08. The van der Waals surface area contributed by atoms with E-state index in [4.69, 9.17) is 11.0 Å². The number of fused-ring (bicyclic) bond motifs is 1. The number of aromatic nitrogens is 1. The van der Waals surface area contributed by atoms with E-state index in [0.717, 1.165) is 35.5 Å². The largest absolute Gasteiger partial charge is 0.365 e. The Morgan fingerprint density at radius 2 is 2.00 bits per heavy atom. The number of amides is 1. The number of benzene rings is 1. The fourth-order valence-electron chi connectivity index (χ4n) is 3.34. The molecule has 116 valence electrons. The molecule has 3 rings (SSSR count). The predicted octanol–water partition coefficient (Wildman–Crippen LogP) is 2.98. The normalized spacial score (nSPS) is 13.7. The van der Waals surface area contributed by atoms with E-state index in [9.17, 15) is 4.79 Å². The van der Waals surface area contributed by atoms with Crippen molar-refractivity contribution >= 4 is 12.0 Å². The molecule has 2 aromatic rings. The van der Waals surface area contributed by atoms with Gasteiger partial charge in [0, 0.05) is 17.1 Å². The Bertz CT molecular complexity index is 865. The van der Waals surface area contributed by atoms with Crippen molar-refractivity contribution in [3.63, 3.8) is 0 Å². The Morgan fingerprint density at radius 1 is 1.26 bits per heavy atom. The van der Waals surface area contributed by atoms with E-state index in [2.05, 4.69) is 22.8 Å². The van der Waals surface area contributed by atoms with Crippen LogP contribution in [0.4, 0.5) is 0 Å². The fraction of sp³-hybridized carbons (Fsp3) is 0.263. The highest BCUT2D eigenvalue weighted by Crippen LogP contribution is 2.28. The molecule has 4 nitrogen and oxygen atoms in total. The van der Waals surface area contributed by atoms with Gasteiger partial charge in [-0.1, -0.05) is 6.07 Å². The maximum atomic E-state index is 11.3. The van der Waals surface area contributed by atoms with Gasteiger partial charge in [0.2, 0.25) is 0 Å². The van der Waals surface area contributed by atoms with Crippen molar-refractivity contribution in [3.8, 4) is 11.8 Å². The number of carbonyl (C=O) groups excluding carboxylic acids is 1. The molecule has 0 radical (unpaired) electrons. The van der Waals surface area contributed by atoms with E-state index in [1.165, 1.54) is 17.5 Å². The zero-order valence-corrected chi connectivity index (χ0v) is 13.4. The van der Waals surface area contributed by atoms with Crippen molar-refractivity contribution in [2.24, 2.45) is 5.73 Å². The maximum absolute atomic E-state index is 11.3. The Balaban J connectivity index is 2.09. The van der Waals surface area contributed by atoms with Gasteiger partial charge in [0.1, 0.15) is 11.6 Å². The van der Waals surface area contributed by atoms with Gasteiger partial charge in [0.15, 0.2) is 0 Å². The highest BCUT2D eigenvalue weighted by Gasteiger charge is 2.15. The molecule has 2 N–H and O–H groups in total. The van der Waals surface area contributed by atoms with Crippen LogP contribution < -0.4 is 5.73 Å². The lowest BCUT2D eigenvalue weighted by Gasteiger charge is -2.11. The van der Waals surface area contributed by atoms with Crippen LogP contribution in [0.1, 0.15) is 34.5 Å². The Labute approximate surface area is 135 Å². The van der Waals surface area contributed by atoms with Crippen LogP contribution >= 0.6 is 0 Å². The van der Waals surface area contributed by atoms with Crippen LogP contribution in [0, 0.1) is 25.2 Å². The van der Waals surface area contributed by atoms with Crippen LogP contribution in [-0.4, -0.2) is 10.5 Å². The smallest absolute Gasteiger partial charge is 0.259 e. The van der Waals surface area contributed by atoms with Crippen LogP contribution in [0.15, 0.2) is 29.8 Å². The molecule has 0 atom stereocenters. The van der Waals surface area contributed by atoms with E-state index in [0.29, 0.717) is 0 Å². The van der Waals surface area contributed by atoms with Gasteiger partial charge in [-0.25, -0.2) is 0 Å². The predicted molar refractivity (Wildman–Crippen MR) is 90.1 cm³/mol. The Morgan fingerprint density at radius 3 is 2.70 bits per heavy atom. The topological polar surface area (TPSA) is 71.8 Å². The molecule has 1 amide bonds. The lowest BCUT2D eigenvalue weighted by atomic mass is 10.1.